The number of allylic oxidation sites excluding steroid dienone is 5. The van der Waals surface area contributed by atoms with Crippen LogP contribution in [0.1, 0.15) is 31.7 Å². The molecule has 1 aromatic carbocycles. The lowest BCUT2D eigenvalue weighted by atomic mass is 10.0. The fraction of sp³-hybridized carbons (Fsp3) is 0.409. The summed E-state index contributed by atoms with van der Waals surface area (Å²) in [6.45, 7) is 3.59. The molecule has 4 nitrogen and oxygen atoms in total. The molecule has 2 saturated heterocycles. The van der Waals surface area contributed by atoms with Crippen molar-refractivity contribution < 1.29 is 23.0 Å². The molecule has 2 aliphatic heterocycles. The summed E-state index contributed by atoms with van der Waals surface area (Å²) in [6, 6.07) is 3.62. The van der Waals surface area contributed by atoms with Gasteiger partial charge in [0.05, 0.1) is 26.2 Å². The smallest absolute Gasteiger partial charge is 0.227 e. The summed E-state index contributed by atoms with van der Waals surface area (Å²) < 4.78 is 38.7. The average Bonchev–Trinajstić information content (AvgIpc) is 3.16. The number of rotatable bonds is 3. The van der Waals surface area contributed by atoms with Gasteiger partial charge in [-0.2, -0.15) is 0 Å². The normalized spacial score (nSPS) is 23.7. The first-order valence-corrected chi connectivity index (χ1v) is 9.56. The SMILES string of the molecule is CC1CC2(CN1C(=O)CC1=CCC=C(c3ccc(F)cc3F)C=C1)OCCO2. The number of carbonyl (C=O) groups is 1. The second-order valence-corrected chi connectivity index (χ2v) is 7.49. The van der Waals surface area contributed by atoms with Gasteiger partial charge < -0.3 is 14.4 Å². The lowest BCUT2D eigenvalue weighted by molar-refractivity contribution is -0.152. The molecule has 0 aromatic heterocycles. The Kier molecular flexibility index (Phi) is 5.17. The van der Waals surface area contributed by atoms with Gasteiger partial charge in [-0.1, -0.05) is 24.3 Å². The Hall–Kier alpha value is -2.31. The van der Waals surface area contributed by atoms with Crippen molar-refractivity contribution in [2.24, 2.45) is 0 Å². The molecule has 3 aliphatic rings. The van der Waals surface area contributed by atoms with E-state index < -0.39 is 17.4 Å². The summed E-state index contributed by atoms with van der Waals surface area (Å²) in [4.78, 5) is 14.7. The molecule has 0 saturated carbocycles. The highest BCUT2D eigenvalue weighted by atomic mass is 19.1. The van der Waals surface area contributed by atoms with Crippen LogP contribution in [0.25, 0.3) is 5.57 Å². The van der Waals surface area contributed by atoms with Crippen molar-refractivity contribution in [2.45, 2.75) is 38.0 Å². The molecule has 1 atom stereocenters. The predicted octanol–water partition coefficient (Wildman–Crippen LogP) is 3.99. The molecule has 1 unspecified atom stereocenters. The zero-order valence-corrected chi connectivity index (χ0v) is 15.8. The van der Waals surface area contributed by atoms with Crippen molar-refractivity contribution in [3.05, 3.63) is 65.3 Å². The number of carbonyl (C=O) groups excluding carboxylic acids is 1. The van der Waals surface area contributed by atoms with Crippen LogP contribution in [-0.2, 0) is 14.3 Å². The van der Waals surface area contributed by atoms with E-state index in [1.165, 1.54) is 12.1 Å². The van der Waals surface area contributed by atoms with Crippen molar-refractivity contribution in [1.82, 2.24) is 4.90 Å². The maximum absolute atomic E-state index is 14.1. The Bertz CT molecular complexity index is 869. The van der Waals surface area contributed by atoms with Gasteiger partial charge in [-0.15, -0.1) is 0 Å². The topological polar surface area (TPSA) is 38.8 Å². The second-order valence-electron chi connectivity index (χ2n) is 7.49. The molecule has 0 radical (unpaired) electrons. The second kappa shape index (κ2) is 7.60. The minimum Gasteiger partial charge on any atom is -0.346 e. The van der Waals surface area contributed by atoms with Crippen molar-refractivity contribution in [3.8, 4) is 0 Å². The van der Waals surface area contributed by atoms with E-state index in [-0.39, 0.29) is 18.4 Å². The van der Waals surface area contributed by atoms with Gasteiger partial charge in [-0.3, -0.25) is 4.79 Å². The van der Waals surface area contributed by atoms with E-state index in [0.29, 0.717) is 43.7 Å². The number of ether oxygens (including phenoxy) is 2. The minimum absolute atomic E-state index is 0.0239. The Labute approximate surface area is 163 Å². The molecule has 4 rings (SSSR count). The van der Waals surface area contributed by atoms with E-state index in [9.17, 15) is 13.6 Å². The van der Waals surface area contributed by atoms with Crippen LogP contribution in [0.2, 0.25) is 0 Å². The summed E-state index contributed by atoms with van der Waals surface area (Å²) in [5.41, 5.74) is 1.90. The van der Waals surface area contributed by atoms with Crippen LogP contribution in [0.5, 0.6) is 0 Å². The van der Waals surface area contributed by atoms with Gasteiger partial charge in [0, 0.05) is 24.1 Å². The summed E-state index contributed by atoms with van der Waals surface area (Å²) in [7, 11) is 0. The van der Waals surface area contributed by atoms with Crippen LogP contribution in [0.3, 0.4) is 0 Å². The molecular formula is C22H23F2NO3. The van der Waals surface area contributed by atoms with Gasteiger partial charge in [-0.05, 0) is 36.6 Å². The van der Waals surface area contributed by atoms with Gasteiger partial charge in [0.25, 0.3) is 0 Å². The molecular weight excluding hydrogens is 364 g/mol. The predicted molar refractivity (Wildman–Crippen MR) is 101 cm³/mol. The Morgan fingerprint density at radius 2 is 2.00 bits per heavy atom. The fourth-order valence-electron chi connectivity index (χ4n) is 4.08. The third kappa shape index (κ3) is 3.80. The first kappa shape index (κ1) is 19.0. The number of hydrogen-bond donors (Lipinski definition) is 0. The van der Waals surface area contributed by atoms with Crippen molar-refractivity contribution in [2.75, 3.05) is 19.8 Å². The Balaban J connectivity index is 1.42. The standard InChI is InChI=1S/C22H23F2NO3/c1-15-13-22(27-9-10-28-22)14-25(15)21(26)11-16-3-2-4-17(6-5-16)19-8-7-18(23)12-20(19)24/h3-8,12,15H,2,9-11,13-14H2,1H3. The van der Waals surface area contributed by atoms with Gasteiger partial charge in [-0.25, -0.2) is 8.78 Å². The summed E-state index contributed by atoms with van der Waals surface area (Å²) >= 11 is 0. The quantitative estimate of drug-likeness (QED) is 0.787. The third-order valence-corrected chi connectivity index (χ3v) is 5.48. The lowest BCUT2D eigenvalue weighted by Gasteiger charge is -2.23. The molecule has 2 heterocycles. The zero-order valence-electron chi connectivity index (χ0n) is 15.8. The molecule has 148 valence electrons. The number of likely N-dealkylation sites (tertiary alicyclic amines) is 1. The number of halogens is 2. The van der Waals surface area contributed by atoms with Crippen LogP contribution in [0, 0.1) is 11.6 Å². The third-order valence-electron chi connectivity index (χ3n) is 5.48. The van der Waals surface area contributed by atoms with E-state index in [2.05, 4.69) is 0 Å². The van der Waals surface area contributed by atoms with E-state index in [4.69, 9.17) is 9.47 Å². The molecule has 1 amide bonds. The maximum Gasteiger partial charge on any atom is 0.227 e. The molecule has 2 fully saturated rings. The molecule has 28 heavy (non-hydrogen) atoms. The number of hydrogen-bond acceptors (Lipinski definition) is 3. The number of benzene rings is 1. The van der Waals surface area contributed by atoms with Gasteiger partial charge in [0.2, 0.25) is 5.91 Å². The molecule has 1 aromatic rings. The van der Waals surface area contributed by atoms with E-state index in [1.54, 1.807) is 6.08 Å². The van der Waals surface area contributed by atoms with E-state index in [0.717, 1.165) is 11.6 Å². The summed E-state index contributed by atoms with van der Waals surface area (Å²) in [5, 5.41) is 0. The number of nitrogens with zero attached hydrogens (tertiary/aromatic N) is 1. The highest BCUT2D eigenvalue weighted by molar-refractivity contribution is 5.81. The fourth-order valence-corrected chi connectivity index (χ4v) is 4.08. The van der Waals surface area contributed by atoms with Crippen LogP contribution >= 0.6 is 0 Å². The van der Waals surface area contributed by atoms with Crippen molar-refractivity contribution in [3.63, 3.8) is 0 Å². The van der Waals surface area contributed by atoms with E-state index >= 15 is 0 Å². The summed E-state index contributed by atoms with van der Waals surface area (Å²) in [5.74, 6) is -1.81. The molecule has 6 heteroatoms. The van der Waals surface area contributed by atoms with Gasteiger partial charge >= 0.3 is 0 Å². The van der Waals surface area contributed by atoms with Gasteiger partial charge in [0.1, 0.15) is 11.6 Å². The number of amides is 1. The molecule has 0 bridgehead atoms. The molecule has 0 N–H and O–H groups in total. The maximum atomic E-state index is 14.1. The van der Waals surface area contributed by atoms with E-state index in [1.807, 2.05) is 30.1 Å². The average molecular weight is 387 g/mol. The molecule has 1 aliphatic carbocycles. The lowest BCUT2D eigenvalue weighted by Crippen LogP contribution is -2.38. The van der Waals surface area contributed by atoms with Crippen molar-refractivity contribution >= 4 is 11.5 Å². The van der Waals surface area contributed by atoms with Gasteiger partial charge in [0.15, 0.2) is 5.79 Å². The van der Waals surface area contributed by atoms with Crippen LogP contribution in [0.4, 0.5) is 8.78 Å². The zero-order chi connectivity index (χ0) is 19.7. The largest absolute Gasteiger partial charge is 0.346 e. The Morgan fingerprint density at radius 1 is 1.21 bits per heavy atom. The Morgan fingerprint density at radius 3 is 2.75 bits per heavy atom. The van der Waals surface area contributed by atoms with Crippen molar-refractivity contribution in [1.29, 1.82) is 0 Å². The minimum atomic E-state index is -0.641. The first-order valence-electron chi connectivity index (χ1n) is 9.56. The monoisotopic (exact) mass is 387 g/mol. The van der Waals surface area contributed by atoms with Crippen LogP contribution in [0.15, 0.2) is 48.1 Å². The molecule has 1 spiro atoms. The first-order chi connectivity index (χ1) is 13.5. The highest BCUT2D eigenvalue weighted by Crippen LogP contribution is 2.35. The van der Waals surface area contributed by atoms with Crippen LogP contribution < -0.4 is 0 Å². The summed E-state index contributed by atoms with van der Waals surface area (Å²) in [6.07, 6.45) is 8.97. The highest BCUT2D eigenvalue weighted by Gasteiger charge is 2.48. The van der Waals surface area contributed by atoms with Crippen LogP contribution in [-0.4, -0.2) is 42.4 Å².